The fourth-order valence-corrected chi connectivity index (χ4v) is 5.25. The zero-order chi connectivity index (χ0) is 20.1. The third-order valence-corrected chi connectivity index (χ3v) is 6.81. The number of fused-ring (bicyclic) bond motifs is 3. The normalized spacial score (nSPS) is 18.6. The first-order valence-corrected chi connectivity index (χ1v) is 11.2. The van der Waals surface area contributed by atoms with Gasteiger partial charge in [0.05, 0.1) is 12.2 Å². The Morgan fingerprint density at radius 1 is 1.13 bits per heavy atom. The van der Waals surface area contributed by atoms with Gasteiger partial charge < -0.3 is 4.90 Å². The molecule has 1 saturated carbocycles. The molecule has 0 spiro atoms. The maximum absolute atomic E-state index is 5.03. The fourth-order valence-electron chi connectivity index (χ4n) is 4.65. The van der Waals surface area contributed by atoms with Crippen molar-refractivity contribution < 1.29 is 0 Å². The van der Waals surface area contributed by atoms with Gasteiger partial charge in [-0.2, -0.15) is 4.98 Å². The molecule has 0 saturated heterocycles. The number of imidazole rings is 1. The van der Waals surface area contributed by atoms with Crippen molar-refractivity contribution in [3.63, 3.8) is 0 Å². The van der Waals surface area contributed by atoms with Crippen LogP contribution in [0.4, 0.5) is 5.82 Å². The summed E-state index contributed by atoms with van der Waals surface area (Å²) in [5.74, 6) is 2.54. The van der Waals surface area contributed by atoms with Crippen LogP contribution in [-0.2, 0) is 0 Å². The van der Waals surface area contributed by atoms with Gasteiger partial charge in [-0.1, -0.05) is 19.8 Å². The van der Waals surface area contributed by atoms with E-state index in [-0.39, 0.29) is 6.04 Å². The van der Waals surface area contributed by atoms with E-state index in [2.05, 4.69) is 37.0 Å². The van der Waals surface area contributed by atoms with Gasteiger partial charge in [-0.15, -0.1) is 21.5 Å². The highest BCUT2D eigenvalue weighted by Crippen LogP contribution is 2.42. The van der Waals surface area contributed by atoms with Crippen LogP contribution >= 0.6 is 11.3 Å². The van der Waals surface area contributed by atoms with Crippen molar-refractivity contribution in [3.05, 3.63) is 42.4 Å². The lowest BCUT2D eigenvalue weighted by atomic mass is 10.0. The van der Waals surface area contributed by atoms with E-state index in [9.17, 15) is 0 Å². The Balaban J connectivity index is 1.47. The molecule has 1 fully saturated rings. The van der Waals surface area contributed by atoms with Crippen LogP contribution in [0.2, 0.25) is 0 Å². The molecule has 152 valence electrons. The van der Waals surface area contributed by atoms with E-state index in [0.29, 0.717) is 12.0 Å². The highest BCUT2D eigenvalue weighted by Gasteiger charge is 2.38. The molecule has 0 amide bonds. The standard InChI is InChI=1S/C20H21N9S/c1-2-15-18-26-24-12-28(18)16-9-22-20(25-17(16)29(15)13-5-3-4-6-13)27-10-14(23-11-27)19-21-7-8-30-19/h7-13,15H,2-6H2,1H3. The highest BCUT2D eigenvalue weighted by molar-refractivity contribution is 7.13. The molecule has 2 aliphatic rings. The van der Waals surface area contributed by atoms with Crippen molar-refractivity contribution >= 4 is 17.2 Å². The second kappa shape index (κ2) is 6.98. The lowest BCUT2D eigenvalue weighted by Gasteiger charge is -2.40. The van der Waals surface area contributed by atoms with Crippen LogP contribution < -0.4 is 4.90 Å². The Morgan fingerprint density at radius 3 is 2.83 bits per heavy atom. The van der Waals surface area contributed by atoms with Crippen molar-refractivity contribution in [1.29, 1.82) is 0 Å². The third-order valence-electron chi connectivity index (χ3n) is 6.02. The van der Waals surface area contributed by atoms with Gasteiger partial charge in [0.15, 0.2) is 11.6 Å². The minimum atomic E-state index is 0.166. The van der Waals surface area contributed by atoms with Gasteiger partial charge in [0.25, 0.3) is 0 Å². The molecule has 1 aliphatic carbocycles. The molecular formula is C20H21N9S. The molecule has 6 rings (SSSR count). The van der Waals surface area contributed by atoms with Crippen LogP contribution in [0.1, 0.15) is 50.9 Å². The minimum Gasteiger partial charge on any atom is -0.341 e. The Morgan fingerprint density at radius 2 is 2.03 bits per heavy atom. The molecule has 0 N–H and O–H groups in total. The summed E-state index contributed by atoms with van der Waals surface area (Å²) >= 11 is 1.57. The number of aromatic nitrogens is 8. The first-order valence-electron chi connectivity index (χ1n) is 10.3. The number of nitrogens with zero attached hydrogens (tertiary/aromatic N) is 9. The van der Waals surface area contributed by atoms with Gasteiger partial charge in [0.1, 0.15) is 29.0 Å². The van der Waals surface area contributed by atoms with Gasteiger partial charge in [0.2, 0.25) is 5.95 Å². The minimum absolute atomic E-state index is 0.166. The summed E-state index contributed by atoms with van der Waals surface area (Å²) in [4.78, 5) is 21.0. The zero-order valence-corrected chi connectivity index (χ0v) is 17.4. The molecule has 10 heteroatoms. The number of thiazole rings is 1. The van der Waals surface area contributed by atoms with Crippen molar-refractivity contribution in [3.8, 4) is 22.3 Å². The van der Waals surface area contributed by atoms with Crippen LogP contribution in [0, 0.1) is 0 Å². The topological polar surface area (TPSA) is 90.4 Å². The lowest BCUT2D eigenvalue weighted by Crippen LogP contribution is -2.42. The molecule has 1 aliphatic heterocycles. The van der Waals surface area contributed by atoms with Crippen molar-refractivity contribution in [2.24, 2.45) is 0 Å². The van der Waals surface area contributed by atoms with Crippen LogP contribution in [0.15, 0.2) is 36.6 Å². The van der Waals surface area contributed by atoms with E-state index >= 15 is 0 Å². The van der Waals surface area contributed by atoms with Crippen LogP contribution in [0.3, 0.4) is 0 Å². The average molecular weight is 420 g/mol. The SMILES string of the molecule is CCC1c2nncn2-c2cnc(-n3cnc(-c4nccs4)c3)nc2N1C1CCCC1. The summed E-state index contributed by atoms with van der Waals surface area (Å²) in [5.41, 5.74) is 1.77. The third kappa shape index (κ3) is 2.67. The largest absolute Gasteiger partial charge is 0.341 e. The second-order valence-electron chi connectivity index (χ2n) is 7.71. The summed E-state index contributed by atoms with van der Waals surface area (Å²) in [6, 6.07) is 0.634. The summed E-state index contributed by atoms with van der Waals surface area (Å²) in [6.07, 6.45) is 15.0. The number of hydrogen-bond donors (Lipinski definition) is 0. The molecule has 9 nitrogen and oxygen atoms in total. The molecule has 30 heavy (non-hydrogen) atoms. The highest BCUT2D eigenvalue weighted by atomic mass is 32.1. The van der Waals surface area contributed by atoms with Gasteiger partial charge in [-0.05, 0) is 19.3 Å². The molecule has 1 unspecified atom stereocenters. The summed E-state index contributed by atoms with van der Waals surface area (Å²) in [7, 11) is 0. The molecule has 5 heterocycles. The summed E-state index contributed by atoms with van der Waals surface area (Å²) < 4.78 is 3.90. The second-order valence-corrected chi connectivity index (χ2v) is 8.61. The van der Waals surface area contributed by atoms with Crippen molar-refractivity contribution in [1.82, 2.24) is 39.3 Å². The molecule has 4 aromatic rings. The van der Waals surface area contributed by atoms with E-state index < -0.39 is 0 Å². The number of rotatable bonds is 4. The summed E-state index contributed by atoms with van der Waals surface area (Å²) in [6.45, 7) is 2.20. The zero-order valence-electron chi connectivity index (χ0n) is 16.6. The molecule has 0 bridgehead atoms. The first kappa shape index (κ1) is 17.7. The summed E-state index contributed by atoms with van der Waals surface area (Å²) in [5, 5.41) is 11.5. The first-order chi connectivity index (χ1) is 14.8. The lowest BCUT2D eigenvalue weighted by molar-refractivity contribution is 0.468. The Hall–Kier alpha value is -3.14. The maximum atomic E-state index is 5.03. The fraction of sp³-hybridized carbons (Fsp3) is 0.400. The predicted octanol–water partition coefficient (Wildman–Crippen LogP) is 3.58. The maximum Gasteiger partial charge on any atom is 0.237 e. The number of hydrogen-bond acceptors (Lipinski definition) is 8. The van der Waals surface area contributed by atoms with Gasteiger partial charge in [-0.25, -0.2) is 15.0 Å². The van der Waals surface area contributed by atoms with Crippen LogP contribution in [-0.4, -0.2) is 45.3 Å². The average Bonchev–Trinajstić information content (AvgIpc) is 3.58. The molecule has 4 aromatic heterocycles. The predicted molar refractivity (Wildman–Crippen MR) is 113 cm³/mol. The molecule has 1 atom stereocenters. The Bertz CT molecular complexity index is 1170. The number of anilines is 1. The van der Waals surface area contributed by atoms with Gasteiger partial charge in [0, 0.05) is 23.8 Å². The molecular weight excluding hydrogens is 398 g/mol. The smallest absolute Gasteiger partial charge is 0.237 e. The van der Waals surface area contributed by atoms with Crippen LogP contribution in [0.5, 0.6) is 0 Å². The van der Waals surface area contributed by atoms with E-state index in [1.807, 2.05) is 26.9 Å². The van der Waals surface area contributed by atoms with Crippen LogP contribution in [0.25, 0.3) is 22.3 Å². The molecule has 0 radical (unpaired) electrons. The van der Waals surface area contributed by atoms with E-state index in [0.717, 1.165) is 34.5 Å². The van der Waals surface area contributed by atoms with E-state index in [1.165, 1.54) is 25.7 Å². The van der Waals surface area contributed by atoms with E-state index in [1.54, 1.807) is 30.2 Å². The molecule has 0 aromatic carbocycles. The van der Waals surface area contributed by atoms with Gasteiger partial charge in [-0.3, -0.25) is 9.13 Å². The Labute approximate surface area is 177 Å². The monoisotopic (exact) mass is 419 g/mol. The Kier molecular flexibility index (Phi) is 4.12. The van der Waals surface area contributed by atoms with Gasteiger partial charge >= 0.3 is 0 Å². The quantitative estimate of drug-likeness (QED) is 0.499. The van der Waals surface area contributed by atoms with Crippen molar-refractivity contribution in [2.75, 3.05) is 4.90 Å². The van der Waals surface area contributed by atoms with Crippen molar-refractivity contribution in [2.45, 2.75) is 51.1 Å². The van der Waals surface area contributed by atoms with E-state index in [4.69, 9.17) is 4.98 Å².